The van der Waals surface area contributed by atoms with Gasteiger partial charge in [0.2, 0.25) is 0 Å². The number of urea groups is 1. The molecule has 2 amide bonds. The number of carboxylic acid groups (broad SMARTS) is 1. The second-order valence-corrected chi connectivity index (χ2v) is 5.29. The summed E-state index contributed by atoms with van der Waals surface area (Å²) in [6.45, 7) is 2.28. The Morgan fingerprint density at radius 1 is 1.38 bits per heavy atom. The monoisotopic (exact) mass is 292 g/mol. The summed E-state index contributed by atoms with van der Waals surface area (Å²) in [5, 5.41) is 21.1. The number of amides is 2. The summed E-state index contributed by atoms with van der Waals surface area (Å²) in [7, 11) is 0. The van der Waals surface area contributed by atoms with Crippen molar-refractivity contribution >= 4 is 17.7 Å². The van der Waals surface area contributed by atoms with Crippen LogP contribution in [0.2, 0.25) is 0 Å². The number of aromatic carboxylic acids is 1. The Labute approximate surface area is 123 Å². The van der Waals surface area contributed by atoms with E-state index in [1.54, 1.807) is 24.0 Å². The molecular weight excluding hydrogens is 272 g/mol. The third-order valence-corrected chi connectivity index (χ3v) is 3.81. The molecule has 1 fully saturated rings. The van der Waals surface area contributed by atoms with Gasteiger partial charge in [-0.3, -0.25) is 0 Å². The molecule has 0 aromatic heterocycles. The summed E-state index contributed by atoms with van der Waals surface area (Å²) in [4.78, 5) is 24.9. The number of carbonyl (C=O) groups is 2. The van der Waals surface area contributed by atoms with Crippen LogP contribution in [0.5, 0.6) is 0 Å². The molecule has 21 heavy (non-hydrogen) atoms. The van der Waals surface area contributed by atoms with Crippen LogP contribution < -0.4 is 5.32 Å². The van der Waals surface area contributed by atoms with Crippen LogP contribution in [0.3, 0.4) is 0 Å². The first kappa shape index (κ1) is 15.3. The molecular formula is C15H20N2O4. The Morgan fingerprint density at radius 3 is 2.76 bits per heavy atom. The topological polar surface area (TPSA) is 89.9 Å². The van der Waals surface area contributed by atoms with Gasteiger partial charge in [-0.25, -0.2) is 9.59 Å². The lowest BCUT2D eigenvalue weighted by molar-refractivity contribution is 0.0696. The van der Waals surface area contributed by atoms with Crippen molar-refractivity contribution in [3.05, 3.63) is 29.3 Å². The van der Waals surface area contributed by atoms with Crippen molar-refractivity contribution in [2.75, 3.05) is 18.5 Å². The van der Waals surface area contributed by atoms with Crippen LogP contribution in [0.25, 0.3) is 0 Å². The van der Waals surface area contributed by atoms with Gasteiger partial charge in [0.25, 0.3) is 0 Å². The van der Waals surface area contributed by atoms with Crippen LogP contribution in [0, 0.1) is 6.92 Å². The highest BCUT2D eigenvalue weighted by atomic mass is 16.4. The van der Waals surface area contributed by atoms with Gasteiger partial charge in [-0.15, -0.1) is 0 Å². The quantitative estimate of drug-likeness (QED) is 0.795. The number of rotatable bonds is 3. The van der Waals surface area contributed by atoms with Gasteiger partial charge in [0.15, 0.2) is 0 Å². The highest BCUT2D eigenvalue weighted by Gasteiger charge is 2.26. The van der Waals surface area contributed by atoms with Gasteiger partial charge in [0.1, 0.15) is 0 Å². The van der Waals surface area contributed by atoms with Gasteiger partial charge in [0, 0.05) is 12.2 Å². The fourth-order valence-electron chi connectivity index (χ4n) is 2.63. The molecule has 6 heteroatoms. The zero-order valence-electron chi connectivity index (χ0n) is 12.0. The molecule has 1 aromatic carbocycles. The van der Waals surface area contributed by atoms with Crippen molar-refractivity contribution in [1.29, 1.82) is 0 Å². The summed E-state index contributed by atoms with van der Waals surface area (Å²) in [5.41, 5.74) is 1.38. The SMILES string of the molecule is Cc1cc(NC(=O)N2CCCCC2CO)ccc1C(=O)O. The molecule has 0 aliphatic carbocycles. The number of aliphatic hydroxyl groups excluding tert-OH is 1. The molecule has 1 aromatic rings. The van der Waals surface area contributed by atoms with Gasteiger partial charge in [0.05, 0.1) is 18.2 Å². The third-order valence-electron chi connectivity index (χ3n) is 3.81. The first-order chi connectivity index (χ1) is 10.0. The highest BCUT2D eigenvalue weighted by molar-refractivity contribution is 5.93. The number of aliphatic hydroxyl groups is 1. The molecule has 0 spiro atoms. The maximum atomic E-state index is 12.3. The van der Waals surface area contributed by atoms with E-state index < -0.39 is 5.97 Å². The normalized spacial score (nSPS) is 18.4. The number of nitrogens with one attached hydrogen (secondary N) is 1. The first-order valence-electron chi connectivity index (χ1n) is 7.05. The second-order valence-electron chi connectivity index (χ2n) is 5.29. The van der Waals surface area contributed by atoms with Crippen molar-refractivity contribution in [2.24, 2.45) is 0 Å². The van der Waals surface area contributed by atoms with Crippen LogP contribution in [-0.2, 0) is 0 Å². The van der Waals surface area contributed by atoms with Crippen LogP contribution >= 0.6 is 0 Å². The Hall–Kier alpha value is -2.08. The number of carbonyl (C=O) groups excluding carboxylic acids is 1. The first-order valence-corrected chi connectivity index (χ1v) is 7.05. The van der Waals surface area contributed by atoms with Gasteiger partial charge in [-0.1, -0.05) is 0 Å². The minimum Gasteiger partial charge on any atom is -0.478 e. The average Bonchev–Trinajstić information content (AvgIpc) is 2.46. The number of likely N-dealkylation sites (tertiary alicyclic amines) is 1. The number of benzene rings is 1. The van der Waals surface area contributed by atoms with E-state index in [2.05, 4.69) is 5.32 Å². The largest absolute Gasteiger partial charge is 0.478 e. The molecule has 114 valence electrons. The van der Waals surface area contributed by atoms with Crippen molar-refractivity contribution in [3.8, 4) is 0 Å². The van der Waals surface area contributed by atoms with E-state index in [-0.39, 0.29) is 24.2 Å². The van der Waals surface area contributed by atoms with E-state index in [0.717, 1.165) is 19.3 Å². The van der Waals surface area contributed by atoms with E-state index in [0.29, 0.717) is 17.8 Å². The van der Waals surface area contributed by atoms with Crippen molar-refractivity contribution in [1.82, 2.24) is 4.90 Å². The third kappa shape index (κ3) is 3.52. The molecule has 1 aliphatic heterocycles. The van der Waals surface area contributed by atoms with Gasteiger partial charge >= 0.3 is 12.0 Å². The summed E-state index contributed by atoms with van der Waals surface area (Å²) in [5.74, 6) is -0.984. The van der Waals surface area contributed by atoms with Crippen LogP contribution in [-0.4, -0.2) is 46.3 Å². The summed E-state index contributed by atoms with van der Waals surface area (Å²) < 4.78 is 0. The van der Waals surface area contributed by atoms with E-state index in [1.165, 1.54) is 6.07 Å². The van der Waals surface area contributed by atoms with Crippen molar-refractivity contribution < 1.29 is 19.8 Å². The zero-order chi connectivity index (χ0) is 15.4. The standard InChI is InChI=1S/C15H20N2O4/c1-10-8-11(5-6-13(10)14(19)20)16-15(21)17-7-3-2-4-12(17)9-18/h5-6,8,12,18H,2-4,7,9H2,1H3,(H,16,21)(H,19,20). The van der Waals surface area contributed by atoms with Crippen molar-refractivity contribution in [3.63, 3.8) is 0 Å². The van der Waals surface area contributed by atoms with E-state index in [9.17, 15) is 14.7 Å². The smallest absolute Gasteiger partial charge is 0.335 e. The molecule has 1 atom stereocenters. The zero-order valence-corrected chi connectivity index (χ0v) is 12.0. The summed E-state index contributed by atoms with van der Waals surface area (Å²) in [6, 6.07) is 4.30. The molecule has 1 aliphatic rings. The van der Waals surface area contributed by atoms with Gasteiger partial charge in [-0.2, -0.15) is 0 Å². The fraction of sp³-hybridized carbons (Fsp3) is 0.467. The molecule has 2 rings (SSSR count). The molecule has 1 unspecified atom stereocenters. The predicted octanol–water partition coefficient (Wildman–Crippen LogP) is 2.07. The number of hydrogen-bond acceptors (Lipinski definition) is 3. The van der Waals surface area contributed by atoms with Gasteiger partial charge < -0.3 is 20.4 Å². The molecule has 0 bridgehead atoms. The van der Waals surface area contributed by atoms with Crippen LogP contribution in [0.1, 0.15) is 35.2 Å². The number of hydrogen-bond donors (Lipinski definition) is 3. The number of nitrogens with zero attached hydrogens (tertiary/aromatic N) is 1. The minimum absolute atomic E-state index is 0.0373. The Balaban J connectivity index is 2.08. The number of piperidine rings is 1. The average molecular weight is 292 g/mol. The molecule has 0 radical (unpaired) electrons. The molecule has 1 heterocycles. The highest BCUT2D eigenvalue weighted by Crippen LogP contribution is 2.20. The lowest BCUT2D eigenvalue weighted by atomic mass is 10.0. The lowest BCUT2D eigenvalue weighted by Gasteiger charge is -2.34. The number of aryl methyl sites for hydroxylation is 1. The Bertz CT molecular complexity index is 544. The Kier molecular flexibility index (Phi) is 4.80. The van der Waals surface area contributed by atoms with E-state index in [4.69, 9.17) is 5.11 Å². The summed E-state index contributed by atoms with van der Waals surface area (Å²) >= 11 is 0. The molecule has 0 saturated carbocycles. The molecule has 3 N–H and O–H groups in total. The van der Waals surface area contributed by atoms with Crippen molar-refractivity contribution in [2.45, 2.75) is 32.2 Å². The molecule has 6 nitrogen and oxygen atoms in total. The van der Waals surface area contributed by atoms with Crippen LogP contribution in [0.4, 0.5) is 10.5 Å². The maximum Gasteiger partial charge on any atom is 0.335 e. The summed E-state index contributed by atoms with van der Waals surface area (Å²) in [6.07, 6.45) is 2.75. The van der Waals surface area contributed by atoms with Crippen LogP contribution in [0.15, 0.2) is 18.2 Å². The number of anilines is 1. The van der Waals surface area contributed by atoms with Gasteiger partial charge in [-0.05, 0) is 49.9 Å². The number of carboxylic acids is 1. The predicted molar refractivity (Wildman–Crippen MR) is 78.6 cm³/mol. The van der Waals surface area contributed by atoms with E-state index >= 15 is 0 Å². The maximum absolute atomic E-state index is 12.3. The van der Waals surface area contributed by atoms with E-state index in [1.807, 2.05) is 0 Å². The minimum atomic E-state index is -0.984. The Morgan fingerprint density at radius 2 is 2.14 bits per heavy atom. The lowest BCUT2D eigenvalue weighted by Crippen LogP contribution is -2.47. The second kappa shape index (κ2) is 6.58. The fourth-order valence-corrected chi connectivity index (χ4v) is 2.63. The molecule has 1 saturated heterocycles.